The Labute approximate surface area is 439 Å². The lowest BCUT2D eigenvalue weighted by Gasteiger charge is -2.25. The fourth-order valence-electron chi connectivity index (χ4n) is 10.9. The van der Waals surface area contributed by atoms with E-state index in [1.54, 1.807) is 27.0 Å². The van der Waals surface area contributed by atoms with Crippen LogP contribution in [0.2, 0.25) is 0 Å². The number of amides is 4. The van der Waals surface area contributed by atoms with Crippen LogP contribution in [-0.2, 0) is 45.2 Å². The topological polar surface area (TPSA) is 167 Å². The number of likely N-dealkylation sites (N-methyl/N-ethyl adjacent to an activating group) is 2. The fraction of sp³-hybridized carbons (Fsp3) is 0.400. The first-order chi connectivity index (χ1) is 36.0. The van der Waals surface area contributed by atoms with E-state index in [2.05, 4.69) is 32.6 Å². The summed E-state index contributed by atoms with van der Waals surface area (Å²) in [7, 11) is 5.52. The number of unbranched alkanes of at least 4 members (excludes halogenated alkanes) is 1. The molecule has 0 radical (unpaired) electrons. The Morgan fingerprint density at radius 2 is 1.17 bits per heavy atom. The molecule has 4 aliphatic heterocycles. The molecular weight excluding hydrogens is 949 g/mol. The molecule has 9 rings (SSSR count). The second-order valence-electron chi connectivity index (χ2n) is 21.0. The predicted octanol–water partition coefficient (Wildman–Crippen LogP) is 9.03. The van der Waals surface area contributed by atoms with Crippen LogP contribution in [0.3, 0.4) is 0 Å². The van der Waals surface area contributed by atoms with E-state index in [4.69, 9.17) is 14.2 Å². The summed E-state index contributed by atoms with van der Waals surface area (Å²) in [5.41, 5.74) is 9.47. The molecule has 392 valence electrons. The number of ether oxygens (including phenoxy) is 3. The fourth-order valence-corrected chi connectivity index (χ4v) is 10.9. The number of aryl methyl sites for hydroxylation is 1. The number of nitrogens with one attached hydrogen (secondary N) is 2. The Kier molecular flexibility index (Phi) is 15.3. The minimum absolute atomic E-state index is 0.000242. The Balaban J connectivity index is 0.931. The van der Waals surface area contributed by atoms with Gasteiger partial charge in [-0.25, -0.2) is 0 Å². The van der Waals surface area contributed by atoms with E-state index >= 15 is 0 Å². The number of benzene rings is 5. The number of methoxy groups -OCH3 is 1. The van der Waals surface area contributed by atoms with Crippen molar-refractivity contribution in [2.75, 3.05) is 59.2 Å². The molecule has 4 amide bonds. The number of ketones is 2. The molecule has 15 heteroatoms. The number of carbonyl (C=O) groups is 6. The van der Waals surface area contributed by atoms with E-state index in [1.165, 1.54) is 5.56 Å². The maximum absolute atomic E-state index is 14.3. The first-order valence-electron chi connectivity index (χ1n) is 26.1. The molecule has 0 fully saturated rings. The molecule has 0 aromatic heterocycles. The molecule has 75 heavy (non-hydrogen) atoms. The summed E-state index contributed by atoms with van der Waals surface area (Å²) in [5, 5.41) is 5.78. The van der Waals surface area contributed by atoms with Crippen molar-refractivity contribution in [2.45, 2.75) is 111 Å². The highest BCUT2D eigenvalue weighted by atomic mass is 16.5. The van der Waals surface area contributed by atoms with Crippen LogP contribution in [0.1, 0.15) is 108 Å². The lowest BCUT2D eigenvalue weighted by atomic mass is 9.99. The van der Waals surface area contributed by atoms with E-state index < -0.39 is 12.0 Å². The zero-order valence-electron chi connectivity index (χ0n) is 44.3. The molecule has 0 bridgehead atoms. The van der Waals surface area contributed by atoms with E-state index in [1.807, 2.05) is 117 Å². The minimum atomic E-state index is -0.797. The summed E-state index contributed by atoms with van der Waals surface area (Å²) >= 11 is 0. The van der Waals surface area contributed by atoms with Crippen LogP contribution in [0.15, 0.2) is 91.0 Å². The van der Waals surface area contributed by atoms with Crippen LogP contribution in [0.25, 0.3) is 0 Å². The standard InChI is InChI=1S/C60H68N6O9/c1-35(2)52(67)19-13-14-20-57(69)61-38(5)53(68)22-37(4)58(70)62-43-24-39(33-74-54-29-50-46(21-36(54)3)59(71)65-44(31-63(50)6)26-41-15-9-11-17-48(41)65)23-40(25-43)34-75-56-30-51-47(28-55(56)73-8)60(72)66-45(32-64(51)7)27-42-16-10-12-18-49(42)66/h9-12,15-18,21,23-25,28-30,35,37-38,44-45H,13-14,19-20,22,26-27,31-34H2,1-8H3,(H,61,69)(H,62,70)/t37-,38+,44+,45+/m1/s1. The molecular formula is C60H68N6O9. The summed E-state index contributed by atoms with van der Waals surface area (Å²) in [6.07, 6.45) is 3.20. The lowest BCUT2D eigenvalue weighted by molar-refractivity contribution is -0.129. The average molecular weight is 1020 g/mol. The van der Waals surface area contributed by atoms with Crippen LogP contribution in [-0.4, -0.2) is 87.6 Å². The zero-order chi connectivity index (χ0) is 53.2. The van der Waals surface area contributed by atoms with Crippen molar-refractivity contribution in [1.29, 1.82) is 0 Å². The van der Waals surface area contributed by atoms with Gasteiger partial charge in [-0.1, -0.05) is 57.2 Å². The zero-order valence-corrected chi connectivity index (χ0v) is 44.3. The Morgan fingerprint density at radius 1 is 0.640 bits per heavy atom. The van der Waals surface area contributed by atoms with Gasteiger partial charge in [0.1, 0.15) is 24.7 Å². The summed E-state index contributed by atoms with van der Waals surface area (Å²) in [6.45, 7) is 10.3. The molecule has 5 aromatic carbocycles. The summed E-state index contributed by atoms with van der Waals surface area (Å²) < 4.78 is 19.0. The van der Waals surface area contributed by atoms with Gasteiger partial charge in [-0.15, -0.1) is 0 Å². The van der Waals surface area contributed by atoms with Gasteiger partial charge in [0.2, 0.25) is 11.8 Å². The van der Waals surface area contributed by atoms with Crippen molar-refractivity contribution < 1.29 is 43.0 Å². The van der Waals surface area contributed by atoms with Crippen molar-refractivity contribution in [3.05, 3.63) is 130 Å². The van der Waals surface area contributed by atoms with Crippen LogP contribution >= 0.6 is 0 Å². The largest absolute Gasteiger partial charge is 0.493 e. The highest BCUT2D eigenvalue weighted by Crippen LogP contribution is 2.43. The molecule has 15 nitrogen and oxygen atoms in total. The number of hydrogen-bond donors (Lipinski definition) is 2. The first kappa shape index (κ1) is 52.2. The van der Waals surface area contributed by atoms with Gasteiger partial charge >= 0.3 is 0 Å². The monoisotopic (exact) mass is 1020 g/mol. The average Bonchev–Trinajstić information content (AvgIpc) is 3.90. The van der Waals surface area contributed by atoms with Gasteiger partial charge < -0.3 is 44.4 Å². The molecule has 5 aromatic rings. The highest BCUT2D eigenvalue weighted by Gasteiger charge is 2.41. The molecule has 4 atom stereocenters. The Hall–Kier alpha value is -7.68. The van der Waals surface area contributed by atoms with Crippen molar-refractivity contribution in [3.63, 3.8) is 0 Å². The second kappa shape index (κ2) is 22.0. The van der Waals surface area contributed by atoms with E-state index in [0.717, 1.165) is 52.3 Å². The van der Waals surface area contributed by atoms with Gasteiger partial charge in [0.25, 0.3) is 11.8 Å². The number of carbonyl (C=O) groups excluding carboxylic acids is 6. The molecule has 4 aliphatic rings. The second-order valence-corrected chi connectivity index (χ2v) is 21.0. The normalized spacial score (nSPS) is 17.1. The molecule has 0 saturated carbocycles. The van der Waals surface area contributed by atoms with Gasteiger partial charge in [-0.05, 0) is 110 Å². The molecule has 0 unspecified atom stereocenters. The summed E-state index contributed by atoms with van der Waals surface area (Å²) in [6, 6.07) is 28.3. The molecule has 0 spiro atoms. The molecule has 4 heterocycles. The number of rotatable bonds is 19. The third-order valence-electron chi connectivity index (χ3n) is 15.1. The van der Waals surface area contributed by atoms with Crippen molar-refractivity contribution in [3.8, 4) is 17.2 Å². The Bertz CT molecular complexity index is 3060. The minimum Gasteiger partial charge on any atom is -0.493 e. The third kappa shape index (κ3) is 11.1. The van der Waals surface area contributed by atoms with Gasteiger partial charge in [-0.2, -0.15) is 0 Å². The summed E-state index contributed by atoms with van der Waals surface area (Å²) in [5.74, 6) is -0.276. The van der Waals surface area contributed by atoms with Gasteiger partial charge in [-0.3, -0.25) is 28.8 Å². The maximum Gasteiger partial charge on any atom is 0.260 e. The molecule has 0 saturated heterocycles. The van der Waals surface area contributed by atoms with Gasteiger partial charge in [0.15, 0.2) is 17.3 Å². The van der Waals surface area contributed by atoms with Gasteiger partial charge in [0.05, 0.1) is 47.7 Å². The van der Waals surface area contributed by atoms with Crippen LogP contribution in [0.4, 0.5) is 28.4 Å². The predicted molar refractivity (Wildman–Crippen MR) is 291 cm³/mol. The first-order valence-corrected chi connectivity index (χ1v) is 26.1. The third-order valence-corrected chi connectivity index (χ3v) is 15.1. The van der Waals surface area contributed by atoms with Crippen LogP contribution in [0, 0.1) is 18.8 Å². The van der Waals surface area contributed by atoms with E-state index in [-0.39, 0.29) is 79.3 Å². The number of Topliss-reactive ketones (excluding diaryl/α,β-unsaturated/α-hetero) is 2. The molecule has 2 N–H and O–H groups in total. The number of fused-ring (bicyclic) bond motifs is 8. The Morgan fingerprint density at radius 3 is 1.75 bits per heavy atom. The van der Waals surface area contributed by atoms with E-state index in [9.17, 15) is 28.8 Å². The SMILES string of the molecule is COc1cc2c(cc1OCc1cc(COc3cc4c(cc3C)C(=O)N3c5ccccc5C[C@H]3CN4C)cc(NC(=O)[C@H](C)CC(=O)[C@H](C)NC(=O)CCCCC(=O)C(C)C)c1)N(C)C[C@@H]1Cc3ccccc3N1C2=O. The number of anilines is 5. The number of para-hydroxylation sites is 2. The lowest BCUT2D eigenvalue weighted by Crippen LogP contribution is -2.41. The summed E-state index contributed by atoms with van der Waals surface area (Å²) in [4.78, 5) is 88.4. The smallest absolute Gasteiger partial charge is 0.260 e. The van der Waals surface area contributed by atoms with Crippen molar-refractivity contribution >= 4 is 63.6 Å². The van der Waals surface area contributed by atoms with Crippen molar-refractivity contribution in [2.24, 2.45) is 11.8 Å². The highest BCUT2D eigenvalue weighted by molar-refractivity contribution is 6.13. The van der Waals surface area contributed by atoms with Crippen LogP contribution < -0.4 is 44.4 Å². The maximum atomic E-state index is 14.3. The number of nitrogens with zero attached hydrogens (tertiary/aromatic N) is 4. The van der Waals surface area contributed by atoms with Crippen molar-refractivity contribution in [1.82, 2.24) is 5.32 Å². The quantitative estimate of drug-likeness (QED) is 0.0758. The number of hydrogen-bond acceptors (Lipinski definition) is 11. The van der Waals surface area contributed by atoms with Crippen LogP contribution in [0.5, 0.6) is 17.2 Å². The molecule has 0 aliphatic carbocycles. The van der Waals surface area contributed by atoms with Gasteiger partial charge in [0, 0.05) is 87.5 Å². The van der Waals surface area contributed by atoms with E-state index in [0.29, 0.717) is 72.0 Å².